The minimum atomic E-state index is -0.106. The molecule has 6 nitrogen and oxygen atoms in total. The third-order valence-electron chi connectivity index (χ3n) is 5.34. The molecule has 4 rings (SSSR count). The molecule has 1 amide bonds. The van der Waals surface area contributed by atoms with Gasteiger partial charge in [0.05, 0.1) is 36.0 Å². The van der Waals surface area contributed by atoms with Crippen LogP contribution < -0.4 is 4.74 Å². The van der Waals surface area contributed by atoms with Crippen LogP contribution in [0.5, 0.6) is 5.75 Å². The minimum absolute atomic E-state index is 0.106. The Hall–Kier alpha value is -2.94. The second-order valence-electron chi connectivity index (χ2n) is 7.77. The molecule has 34 heavy (non-hydrogen) atoms. The Labute approximate surface area is 209 Å². The first-order valence-electron chi connectivity index (χ1n) is 11.2. The van der Waals surface area contributed by atoms with Gasteiger partial charge in [-0.3, -0.25) is 9.69 Å². The topological polar surface area (TPSA) is 56.6 Å². The zero-order chi connectivity index (χ0) is 23.9. The molecular formula is C26H27N3O3S2. The van der Waals surface area contributed by atoms with Gasteiger partial charge >= 0.3 is 0 Å². The summed E-state index contributed by atoms with van der Waals surface area (Å²) >= 11 is 6.73. The van der Waals surface area contributed by atoms with Gasteiger partial charge in [0.2, 0.25) is 0 Å². The van der Waals surface area contributed by atoms with Crippen LogP contribution in [-0.4, -0.2) is 51.8 Å². The molecule has 2 heterocycles. The molecule has 8 heteroatoms. The molecule has 2 aromatic carbocycles. The summed E-state index contributed by atoms with van der Waals surface area (Å²) in [5, 5.41) is 4.85. The highest BCUT2D eigenvalue weighted by Crippen LogP contribution is 2.35. The number of para-hydroxylation sites is 1. The fraction of sp³-hybridized carbons (Fsp3) is 0.269. The van der Waals surface area contributed by atoms with E-state index in [9.17, 15) is 4.79 Å². The Morgan fingerprint density at radius 2 is 1.85 bits per heavy atom. The first-order valence-corrected chi connectivity index (χ1v) is 12.5. The monoisotopic (exact) mass is 493 g/mol. The van der Waals surface area contributed by atoms with E-state index >= 15 is 0 Å². The Balaban J connectivity index is 1.68. The number of nitrogens with zero attached hydrogens (tertiary/aromatic N) is 3. The summed E-state index contributed by atoms with van der Waals surface area (Å²) in [6.45, 7) is 3.72. The molecular weight excluding hydrogens is 466 g/mol. The van der Waals surface area contributed by atoms with Gasteiger partial charge in [0, 0.05) is 24.4 Å². The predicted octanol–water partition coefficient (Wildman–Crippen LogP) is 5.57. The molecule has 1 aromatic heterocycles. The molecule has 0 N–H and O–H groups in total. The standard InChI is InChI=1S/C26H27N3O3S2/c1-3-4-15-32-22-12-10-19(11-13-22)24-20(18-29(27-24)21-8-6-5-7-9-21)17-23-25(30)28(14-16-31-2)26(33)34-23/h5-13,17-18H,3-4,14-16H2,1-2H3. The van der Waals surface area contributed by atoms with Gasteiger partial charge < -0.3 is 9.47 Å². The normalized spacial score (nSPS) is 14.9. The number of rotatable bonds is 10. The number of thiocarbonyl (C=S) groups is 1. The van der Waals surface area contributed by atoms with Crippen molar-refractivity contribution in [2.24, 2.45) is 0 Å². The lowest BCUT2D eigenvalue weighted by Gasteiger charge is -2.12. The molecule has 0 atom stereocenters. The first kappa shape index (κ1) is 24.2. The average molecular weight is 494 g/mol. The maximum atomic E-state index is 13.0. The van der Waals surface area contributed by atoms with Crippen LogP contribution in [0.3, 0.4) is 0 Å². The van der Waals surface area contributed by atoms with Gasteiger partial charge in [-0.2, -0.15) is 5.10 Å². The molecule has 0 bridgehead atoms. The first-order chi connectivity index (χ1) is 16.6. The van der Waals surface area contributed by atoms with Gasteiger partial charge in [-0.25, -0.2) is 4.68 Å². The lowest BCUT2D eigenvalue weighted by atomic mass is 10.1. The third-order valence-corrected chi connectivity index (χ3v) is 6.71. The van der Waals surface area contributed by atoms with Crippen LogP contribution in [0.25, 0.3) is 23.0 Å². The SMILES string of the molecule is CCCCOc1ccc(-c2nn(-c3ccccc3)cc2C=C2SC(=S)N(CCOC)C2=O)cc1. The van der Waals surface area contributed by atoms with Gasteiger partial charge in [0.1, 0.15) is 10.1 Å². The fourth-order valence-corrected chi connectivity index (χ4v) is 4.79. The summed E-state index contributed by atoms with van der Waals surface area (Å²) < 4.78 is 13.3. The molecule has 3 aromatic rings. The highest BCUT2D eigenvalue weighted by molar-refractivity contribution is 8.26. The maximum Gasteiger partial charge on any atom is 0.266 e. The highest BCUT2D eigenvalue weighted by Gasteiger charge is 2.32. The number of benzene rings is 2. The fourth-order valence-electron chi connectivity index (χ4n) is 3.49. The van der Waals surface area contributed by atoms with Crippen LogP contribution in [0.4, 0.5) is 0 Å². The number of unbranched alkanes of at least 4 members (excludes halogenated alkanes) is 1. The molecule has 0 spiro atoms. The molecule has 176 valence electrons. The Morgan fingerprint density at radius 3 is 2.56 bits per heavy atom. The average Bonchev–Trinajstić information content (AvgIpc) is 3.39. The minimum Gasteiger partial charge on any atom is -0.494 e. The zero-order valence-electron chi connectivity index (χ0n) is 19.3. The summed E-state index contributed by atoms with van der Waals surface area (Å²) in [6.07, 6.45) is 5.93. The van der Waals surface area contributed by atoms with E-state index in [1.165, 1.54) is 11.8 Å². The molecule has 1 saturated heterocycles. The molecule has 1 aliphatic rings. The predicted molar refractivity (Wildman–Crippen MR) is 141 cm³/mol. The smallest absolute Gasteiger partial charge is 0.266 e. The van der Waals surface area contributed by atoms with E-state index in [-0.39, 0.29) is 5.91 Å². The van der Waals surface area contributed by atoms with Gasteiger partial charge in [-0.15, -0.1) is 0 Å². The van der Waals surface area contributed by atoms with Crippen molar-refractivity contribution < 1.29 is 14.3 Å². The van der Waals surface area contributed by atoms with Crippen LogP contribution in [0, 0.1) is 0 Å². The van der Waals surface area contributed by atoms with E-state index in [4.69, 9.17) is 26.8 Å². The Morgan fingerprint density at radius 1 is 1.09 bits per heavy atom. The molecule has 0 radical (unpaired) electrons. The van der Waals surface area contributed by atoms with E-state index in [2.05, 4.69) is 6.92 Å². The number of hydrogen-bond donors (Lipinski definition) is 0. The van der Waals surface area contributed by atoms with Gasteiger partial charge in [0.15, 0.2) is 0 Å². The van der Waals surface area contributed by atoms with Crippen LogP contribution >= 0.6 is 24.0 Å². The number of amides is 1. The molecule has 0 unspecified atom stereocenters. The van der Waals surface area contributed by atoms with Crippen LogP contribution in [0.2, 0.25) is 0 Å². The lowest BCUT2D eigenvalue weighted by molar-refractivity contribution is -0.122. The van der Waals surface area contributed by atoms with Crippen molar-refractivity contribution in [2.45, 2.75) is 19.8 Å². The van der Waals surface area contributed by atoms with Crippen molar-refractivity contribution in [3.8, 4) is 22.7 Å². The number of hydrogen-bond acceptors (Lipinski definition) is 6. The zero-order valence-corrected chi connectivity index (χ0v) is 20.9. The highest BCUT2D eigenvalue weighted by atomic mass is 32.2. The van der Waals surface area contributed by atoms with Crippen LogP contribution in [0.15, 0.2) is 65.7 Å². The van der Waals surface area contributed by atoms with Crippen molar-refractivity contribution in [1.82, 2.24) is 14.7 Å². The second kappa shape index (κ2) is 11.5. The Kier molecular flexibility index (Phi) is 8.16. The van der Waals surface area contributed by atoms with E-state index in [1.807, 2.05) is 71.6 Å². The van der Waals surface area contributed by atoms with Crippen LogP contribution in [0.1, 0.15) is 25.3 Å². The lowest BCUT2D eigenvalue weighted by Crippen LogP contribution is -2.31. The molecule has 0 saturated carbocycles. The van der Waals surface area contributed by atoms with Gasteiger partial charge in [0.25, 0.3) is 5.91 Å². The summed E-state index contributed by atoms with van der Waals surface area (Å²) in [5.41, 5.74) is 3.51. The maximum absolute atomic E-state index is 13.0. The van der Waals surface area contributed by atoms with Crippen LogP contribution in [-0.2, 0) is 9.53 Å². The van der Waals surface area contributed by atoms with E-state index in [0.717, 1.165) is 41.1 Å². The number of carbonyl (C=O) groups is 1. The largest absolute Gasteiger partial charge is 0.494 e. The number of carbonyl (C=O) groups excluding carboxylic acids is 1. The number of ether oxygens (including phenoxy) is 2. The number of thioether (sulfide) groups is 1. The van der Waals surface area contributed by atoms with E-state index in [0.29, 0.717) is 29.0 Å². The summed E-state index contributed by atoms with van der Waals surface area (Å²) in [6, 6.07) is 17.8. The van der Waals surface area contributed by atoms with Crippen molar-refractivity contribution in [3.63, 3.8) is 0 Å². The van der Waals surface area contributed by atoms with E-state index in [1.54, 1.807) is 12.0 Å². The molecule has 1 fully saturated rings. The van der Waals surface area contributed by atoms with Crippen molar-refractivity contribution >= 4 is 40.3 Å². The summed E-state index contributed by atoms with van der Waals surface area (Å²) in [5.74, 6) is 0.727. The van der Waals surface area contributed by atoms with Crippen molar-refractivity contribution in [1.29, 1.82) is 0 Å². The van der Waals surface area contributed by atoms with Crippen molar-refractivity contribution in [2.75, 3.05) is 26.9 Å². The van der Waals surface area contributed by atoms with Gasteiger partial charge in [-0.05, 0) is 48.9 Å². The molecule has 0 aliphatic carbocycles. The Bertz CT molecular complexity index is 1170. The summed E-state index contributed by atoms with van der Waals surface area (Å²) in [7, 11) is 1.61. The third kappa shape index (κ3) is 5.58. The number of methoxy groups -OCH3 is 1. The van der Waals surface area contributed by atoms with Gasteiger partial charge in [-0.1, -0.05) is 55.5 Å². The van der Waals surface area contributed by atoms with E-state index < -0.39 is 0 Å². The quantitative estimate of drug-likeness (QED) is 0.209. The summed E-state index contributed by atoms with van der Waals surface area (Å²) in [4.78, 5) is 15.1. The second-order valence-corrected chi connectivity index (χ2v) is 9.44. The molecule has 1 aliphatic heterocycles. The number of aromatic nitrogens is 2. The van der Waals surface area contributed by atoms with Crippen molar-refractivity contribution in [3.05, 3.63) is 71.3 Å².